The summed E-state index contributed by atoms with van der Waals surface area (Å²) in [5, 5.41) is 0. The van der Waals surface area contributed by atoms with Crippen molar-refractivity contribution in [3.8, 4) is 0 Å². The van der Waals surface area contributed by atoms with Crippen molar-refractivity contribution >= 4 is 41.8 Å². The minimum Gasteiger partial charge on any atom is -0.811 e. The summed E-state index contributed by atoms with van der Waals surface area (Å²) in [4.78, 5) is 34.0. The van der Waals surface area contributed by atoms with E-state index in [1.54, 1.807) is 13.0 Å². The Bertz CT molecular complexity index is 384. The van der Waals surface area contributed by atoms with Crippen LogP contribution in [0.1, 0.15) is 6.92 Å². The van der Waals surface area contributed by atoms with Gasteiger partial charge in [0.2, 0.25) is 0 Å². The van der Waals surface area contributed by atoms with Crippen LogP contribution in [0.15, 0.2) is 11.0 Å². The summed E-state index contributed by atoms with van der Waals surface area (Å²) in [6.45, 7) is 1.53. The number of allylic oxidation sites excluding steroid dienone is 1. The van der Waals surface area contributed by atoms with E-state index in [1.807, 2.05) is 0 Å². The zero-order chi connectivity index (χ0) is 11.6. The minimum absolute atomic E-state index is 0. The van der Waals surface area contributed by atoms with Gasteiger partial charge in [-0.1, -0.05) is 37.7 Å². The number of nitrogens with zero attached hydrogens (tertiary/aromatic N) is 1. The third kappa shape index (κ3) is 7.58. The number of hydrogen-bond donors (Lipinski definition) is 0. The van der Waals surface area contributed by atoms with Crippen LogP contribution in [-0.2, 0) is 9.36 Å². The average Bonchev–Trinajstić information content (AvgIpc) is 2.37. The number of thiocarbonyl (C=S) groups is 1. The van der Waals surface area contributed by atoms with Crippen LogP contribution in [0.25, 0.3) is 0 Å². The third-order valence-corrected chi connectivity index (χ3v) is 3.98. The maximum Gasteiger partial charge on any atom is 1.00 e. The molecule has 0 aromatic rings. The molecule has 1 fully saturated rings. The van der Waals surface area contributed by atoms with Crippen LogP contribution < -0.4 is 113 Å². The number of carbonyl (C=O) groups is 1. The standard InChI is InChI=1S/C7H10NO4PS2.2K/c1-2-5-6(9)8(7(14)15-5)3-4-13(10,11)12;;/h2H,3-4H2,1H3,(H2,10,11,12);;/q;2*+1/p-2/b5-2+;;. The summed E-state index contributed by atoms with van der Waals surface area (Å²) in [6.07, 6.45) is 1.02. The second-order valence-corrected chi connectivity index (χ2v) is 6.16. The third-order valence-electron chi connectivity index (χ3n) is 1.73. The first-order valence-corrected chi connectivity index (χ1v) is 7.01. The topological polar surface area (TPSA) is 83.5 Å². The van der Waals surface area contributed by atoms with Gasteiger partial charge in [-0.3, -0.25) is 9.69 Å². The Morgan fingerprint density at radius 3 is 2.35 bits per heavy atom. The Morgan fingerprint density at radius 1 is 1.47 bits per heavy atom. The van der Waals surface area contributed by atoms with Gasteiger partial charge in [-0.05, 0) is 13.1 Å². The van der Waals surface area contributed by atoms with Gasteiger partial charge in [0.1, 0.15) is 4.32 Å². The molecule has 84 valence electrons. The van der Waals surface area contributed by atoms with Gasteiger partial charge in [-0.25, -0.2) is 0 Å². The quantitative estimate of drug-likeness (QED) is 0.219. The molecule has 0 aromatic heterocycles. The zero-order valence-corrected chi connectivity index (χ0v) is 18.6. The van der Waals surface area contributed by atoms with Crippen LogP contribution in [0, 0.1) is 0 Å². The van der Waals surface area contributed by atoms with Crippen LogP contribution >= 0.6 is 31.6 Å². The number of thioether (sulfide) groups is 1. The first-order valence-electron chi connectivity index (χ1n) is 4.06. The molecular formula is C7H8K2NO4PS2. The molecule has 0 aromatic carbocycles. The van der Waals surface area contributed by atoms with Gasteiger partial charge >= 0.3 is 103 Å². The summed E-state index contributed by atoms with van der Waals surface area (Å²) < 4.78 is 10.7. The van der Waals surface area contributed by atoms with Crippen molar-refractivity contribution in [2.24, 2.45) is 0 Å². The number of amides is 1. The van der Waals surface area contributed by atoms with E-state index >= 15 is 0 Å². The van der Waals surface area contributed by atoms with Crippen molar-refractivity contribution in [1.29, 1.82) is 0 Å². The Labute approximate surface area is 195 Å². The second-order valence-electron chi connectivity index (χ2n) is 2.81. The molecule has 1 saturated heterocycles. The Morgan fingerprint density at radius 2 is 2.00 bits per heavy atom. The average molecular weight is 343 g/mol. The van der Waals surface area contributed by atoms with Gasteiger partial charge in [0.05, 0.1) is 4.91 Å². The molecule has 1 rings (SSSR count). The van der Waals surface area contributed by atoms with E-state index < -0.39 is 13.8 Å². The maximum atomic E-state index is 11.5. The predicted molar refractivity (Wildman–Crippen MR) is 58.1 cm³/mol. The van der Waals surface area contributed by atoms with E-state index in [9.17, 15) is 19.1 Å². The monoisotopic (exact) mass is 343 g/mol. The fraction of sp³-hybridized carbons (Fsp3) is 0.429. The van der Waals surface area contributed by atoms with Gasteiger partial charge in [-0.2, -0.15) is 0 Å². The minimum atomic E-state index is -4.58. The van der Waals surface area contributed by atoms with E-state index in [1.165, 1.54) is 0 Å². The molecule has 0 aliphatic carbocycles. The second kappa shape index (κ2) is 9.91. The molecule has 1 amide bonds. The molecule has 0 atom stereocenters. The van der Waals surface area contributed by atoms with Crippen LogP contribution in [0.2, 0.25) is 0 Å². The van der Waals surface area contributed by atoms with E-state index in [2.05, 4.69) is 0 Å². The van der Waals surface area contributed by atoms with Crippen molar-refractivity contribution in [2.75, 3.05) is 12.7 Å². The van der Waals surface area contributed by atoms with Gasteiger partial charge in [0, 0.05) is 6.54 Å². The molecular weight excluding hydrogens is 335 g/mol. The molecule has 0 bridgehead atoms. The summed E-state index contributed by atoms with van der Waals surface area (Å²) in [5.41, 5.74) is 0. The zero-order valence-electron chi connectivity index (χ0n) is 9.84. The molecule has 10 heteroatoms. The van der Waals surface area contributed by atoms with Gasteiger partial charge < -0.3 is 14.4 Å². The summed E-state index contributed by atoms with van der Waals surface area (Å²) in [7, 11) is -4.58. The van der Waals surface area contributed by atoms with Crippen molar-refractivity contribution in [2.45, 2.75) is 6.92 Å². The molecule has 1 aliphatic heterocycles. The normalized spacial score (nSPS) is 18.1. The summed E-state index contributed by atoms with van der Waals surface area (Å²) in [6, 6.07) is 0. The maximum absolute atomic E-state index is 11.5. The fourth-order valence-electron chi connectivity index (χ4n) is 1.01. The van der Waals surface area contributed by atoms with Crippen molar-refractivity contribution in [1.82, 2.24) is 4.90 Å². The number of rotatable bonds is 3. The first kappa shape index (κ1) is 22.4. The van der Waals surface area contributed by atoms with Crippen molar-refractivity contribution in [3.05, 3.63) is 11.0 Å². The number of carbonyl (C=O) groups excluding carboxylic acids is 1. The van der Waals surface area contributed by atoms with E-state index in [4.69, 9.17) is 12.2 Å². The summed E-state index contributed by atoms with van der Waals surface area (Å²) in [5.74, 6) is -0.332. The number of hydrogen-bond acceptors (Lipinski definition) is 6. The molecule has 5 nitrogen and oxygen atoms in total. The smallest absolute Gasteiger partial charge is 0.811 e. The van der Waals surface area contributed by atoms with Gasteiger partial charge in [0.15, 0.2) is 0 Å². The molecule has 1 heterocycles. The molecule has 0 spiro atoms. The molecule has 0 saturated carbocycles. The molecule has 0 N–H and O–H groups in total. The van der Waals surface area contributed by atoms with E-state index in [0.717, 1.165) is 16.7 Å². The van der Waals surface area contributed by atoms with Crippen molar-refractivity contribution in [3.63, 3.8) is 0 Å². The largest absolute Gasteiger partial charge is 1.00 e. The summed E-state index contributed by atoms with van der Waals surface area (Å²) >= 11 is 5.99. The fourth-order valence-corrected chi connectivity index (χ4v) is 2.68. The Balaban J connectivity index is 0. The van der Waals surface area contributed by atoms with E-state index in [0.29, 0.717) is 9.23 Å². The van der Waals surface area contributed by atoms with Gasteiger partial charge in [-0.15, -0.1) is 0 Å². The molecule has 0 unspecified atom stereocenters. The molecule has 0 radical (unpaired) electrons. The van der Waals surface area contributed by atoms with Crippen molar-refractivity contribution < 1.29 is 122 Å². The van der Waals surface area contributed by atoms with E-state index in [-0.39, 0.29) is 115 Å². The first-order chi connectivity index (χ1) is 6.85. The molecule has 1 aliphatic rings. The predicted octanol–water partition coefficient (Wildman–Crippen LogP) is -6.33. The SMILES string of the molecule is C/C=C1/SC(=S)N(CCP(=O)([O-])[O-])C1=O.[K+].[K+]. The van der Waals surface area contributed by atoms with Crippen LogP contribution in [0.4, 0.5) is 0 Å². The van der Waals surface area contributed by atoms with Crippen LogP contribution in [0.3, 0.4) is 0 Å². The van der Waals surface area contributed by atoms with Crippen LogP contribution in [0.5, 0.6) is 0 Å². The van der Waals surface area contributed by atoms with Crippen LogP contribution in [-0.4, -0.2) is 27.8 Å². The van der Waals surface area contributed by atoms with Gasteiger partial charge in [0.25, 0.3) is 5.91 Å². The molecule has 17 heavy (non-hydrogen) atoms. The Kier molecular flexibility index (Phi) is 13.0. The Hall–Kier alpha value is 3.07.